The van der Waals surface area contributed by atoms with Crippen LogP contribution in [0.4, 0.5) is 0 Å². The van der Waals surface area contributed by atoms with Crippen LogP contribution in [0, 0.1) is 11.8 Å². The maximum absolute atomic E-state index is 11.8. The van der Waals surface area contributed by atoms with Gasteiger partial charge in [0.25, 0.3) is 0 Å². The standard InChI is InChI=1S/C14H20N2O2/c1-10(12-8-15-9-12)14(18)16-7-6-11-2-4-13(17)5-3-11/h2-5,10,12,15,17H,6-9H2,1H3,(H,16,18). The van der Waals surface area contributed by atoms with Gasteiger partial charge in [-0.25, -0.2) is 0 Å². The number of rotatable bonds is 5. The van der Waals surface area contributed by atoms with E-state index in [1.807, 2.05) is 19.1 Å². The second kappa shape index (κ2) is 5.87. The molecule has 18 heavy (non-hydrogen) atoms. The molecule has 0 saturated carbocycles. The highest BCUT2D eigenvalue weighted by Crippen LogP contribution is 2.15. The summed E-state index contributed by atoms with van der Waals surface area (Å²) in [5.74, 6) is 0.985. The Labute approximate surface area is 107 Å². The van der Waals surface area contributed by atoms with Crippen molar-refractivity contribution in [3.63, 3.8) is 0 Å². The number of amides is 1. The van der Waals surface area contributed by atoms with Gasteiger partial charge in [-0.15, -0.1) is 0 Å². The van der Waals surface area contributed by atoms with E-state index in [9.17, 15) is 4.79 Å². The SMILES string of the molecule is CC(C(=O)NCCc1ccc(O)cc1)C1CNC1. The summed E-state index contributed by atoms with van der Waals surface area (Å²) in [6.07, 6.45) is 0.793. The van der Waals surface area contributed by atoms with Crippen molar-refractivity contribution in [2.24, 2.45) is 11.8 Å². The van der Waals surface area contributed by atoms with Crippen LogP contribution < -0.4 is 10.6 Å². The first kappa shape index (κ1) is 12.9. The minimum absolute atomic E-state index is 0.0890. The highest BCUT2D eigenvalue weighted by Gasteiger charge is 2.28. The molecule has 1 atom stereocenters. The molecule has 1 unspecified atom stereocenters. The van der Waals surface area contributed by atoms with Gasteiger partial charge in [0.15, 0.2) is 0 Å². The van der Waals surface area contributed by atoms with Crippen LogP contribution in [0.15, 0.2) is 24.3 Å². The highest BCUT2D eigenvalue weighted by molar-refractivity contribution is 5.78. The molecule has 1 saturated heterocycles. The van der Waals surface area contributed by atoms with Gasteiger partial charge >= 0.3 is 0 Å². The predicted molar refractivity (Wildman–Crippen MR) is 70.3 cm³/mol. The summed E-state index contributed by atoms with van der Waals surface area (Å²) in [6, 6.07) is 7.08. The molecule has 4 nitrogen and oxygen atoms in total. The molecule has 1 fully saturated rings. The Bertz CT molecular complexity index is 399. The molecule has 0 spiro atoms. The fourth-order valence-corrected chi connectivity index (χ4v) is 2.03. The van der Waals surface area contributed by atoms with Crippen LogP contribution in [0.5, 0.6) is 5.75 Å². The maximum atomic E-state index is 11.8. The zero-order chi connectivity index (χ0) is 13.0. The molecule has 1 heterocycles. The molecule has 1 amide bonds. The summed E-state index contributed by atoms with van der Waals surface area (Å²) < 4.78 is 0. The largest absolute Gasteiger partial charge is 0.508 e. The van der Waals surface area contributed by atoms with Crippen LogP contribution in [0.2, 0.25) is 0 Å². The summed E-state index contributed by atoms with van der Waals surface area (Å²) >= 11 is 0. The minimum Gasteiger partial charge on any atom is -0.508 e. The van der Waals surface area contributed by atoms with Gasteiger partial charge in [-0.05, 0) is 43.1 Å². The van der Waals surface area contributed by atoms with Gasteiger partial charge in [0.2, 0.25) is 5.91 Å². The number of phenolic OH excluding ortho intramolecular Hbond substituents is 1. The average Bonchev–Trinajstić information content (AvgIpc) is 2.29. The first-order chi connectivity index (χ1) is 8.66. The van der Waals surface area contributed by atoms with Crippen LogP contribution >= 0.6 is 0 Å². The molecule has 4 heteroatoms. The molecular formula is C14H20N2O2. The molecule has 0 radical (unpaired) electrons. The van der Waals surface area contributed by atoms with E-state index in [4.69, 9.17) is 5.11 Å². The Kier molecular flexibility index (Phi) is 4.20. The number of nitrogens with one attached hydrogen (secondary N) is 2. The number of phenols is 1. The van der Waals surface area contributed by atoms with E-state index in [1.165, 1.54) is 0 Å². The lowest BCUT2D eigenvalue weighted by Gasteiger charge is -2.31. The van der Waals surface area contributed by atoms with Crippen molar-refractivity contribution in [3.8, 4) is 5.75 Å². The van der Waals surface area contributed by atoms with Crippen molar-refractivity contribution < 1.29 is 9.90 Å². The van der Waals surface area contributed by atoms with Crippen molar-refractivity contribution in [1.29, 1.82) is 0 Å². The minimum atomic E-state index is 0.0890. The molecule has 98 valence electrons. The van der Waals surface area contributed by atoms with Crippen LogP contribution in [0.3, 0.4) is 0 Å². The van der Waals surface area contributed by atoms with E-state index < -0.39 is 0 Å². The van der Waals surface area contributed by atoms with Crippen molar-refractivity contribution >= 4 is 5.91 Å². The Morgan fingerprint density at radius 2 is 2.11 bits per heavy atom. The average molecular weight is 248 g/mol. The van der Waals surface area contributed by atoms with E-state index >= 15 is 0 Å². The zero-order valence-corrected chi connectivity index (χ0v) is 10.6. The van der Waals surface area contributed by atoms with Crippen LogP contribution in [0.25, 0.3) is 0 Å². The first-order valence-electron chi connectivity index (χ1n) is 6.43. The van der Waals surface area contributed by atoms with E-state index in [0.717, 1.165) is 25.1 Å². The van der Waals surface area contributed by atoms with Gasteiger partial charge in [0.1, 0.15) is 5.75 Å². The smallest absolute Gasteiger partial charge is 0.223 e. The number of carbonyl (C=O) groups excluding carboxylic acids is 1. The number of benzene rings is 1. The number of carbonyl (C=O) groups is 1. The van der Waals surface area contributed by atoms with Gasteiger partial charge < -0.3 is 15.7 Å². The summed E-state index contributed by atoms with van der Waals surface area (Å²) in [4.78, 5) is 11.8. The van der Waals surface area contributed by atoms with Crippen molar-refractivity contribution in [3.05, 3.63) is 29.8 Å². The molecule has 1 aromatic carbocycles. The topological polar surface area (TPSA) is 61.4 Å². The Morgan fingerprint density at radius 1 is 1.44 bits per heavy atom. The van der Waals surface area contributed by atoms with Crippen molar-refractivity contribution in [1.82, 2.24) is 10.6 Å². The fraction of sp³-hybridized carbons (Fsp3) is 0.500. The lowest BCUT2D eigenvalue weighted by Crippen LogP contribution is -2.49. The molecule has 1 aliphatic heterocycles. The second-order valence-electron chi connectivity index (χ2n) is 4.91. The molecule has 0 aromatic heterocycles. The number of aromatic hydroxyl groups is 1. The third-order valence-corrected chi connectivity index (χ3v) is 3.58. The van der Waals surface area contributed by atoms with Crippen LogP contribution in [0.1, 0.15) is 12.5 Å². The molecular weight excluding hydrogens is 228 g/mol. The lowest BCUT2D eigenvalue weighted by molar-refractivity contribution is -0.126. The van der Waals surface area contributed by atoms with E-state index in [0.29, 0.717) is 12.5 Å². The summed E-state index contributed by atoms with van der Waals surface area (Å²) in [6.45, 7) is 4.54. The first-order valence-corrected chi connectivity index (χ1v) is 6.43. The molecule has 1 aliphatic rings. The molecule has 0 aliphatic carbocycles. The van der Waals surface area contributed by atoms with Crippen molar-refractivity contribution in [2.45, 2.75) is 13.3 Å². The number of hydrogen-bond donors (Lipinski definition) is 3. The third-order valence-electron chi connectivity index (χ3n) is 3.58. The van der Waals surface area contributed by atoms with E-state index in [-0.39, 0.29) is 17.6 Å². The Hall–Kier alpha value is -1.55. The molecule has 3 N–H and O–H groups in total. The zero-order valence-electron chi connectivity index (χ0n) is 10.6. The highest BCUT2D eigenvalue weighted by atomic mass is 16.3. The normalized spacial score (nSPS) is 16.9. The van der Waals surface area contributed by atoms with Crippen molar-refractivity contribution in [2.75, 3.05) is 19.6 Å². The summed E-state index contributed by atoms with van der Waals surface area (Å²) in [5.41, 5.74) is 1.12. The van der Waals surface area contributed by atoms with Gasteiger partial charge in [-0.1, -0.05) is 19.1 Å². The molecule has 2 rings (SSSR count). The van der Waals surface area contributed by atoms with Gasteiger partial charge in [-0.3, -0.25) is 4.79 Å². The lowest BCUT2D eigenvalue weighted by atomic mass is 9.88. The summed E-state index contributed by atoms with van der Waals surface area (Å²) in [7, 11) is 0. The Balaban J connectivity index is 1.71. The second-order valence-corrected chi connectivity index (χ2v) is 4.91. The summed E-state index contributed by atoms with van der Waals surface area (Å²) in [5, 5.41) is 15.3. The predicted octanol–water partition coefficient (Wildman–Crippen LogP) is 0.906. The van der Waals surface area contributed by atoms with E-state index in [2.05, 4.69) is 10.6 Å². The number of hydrogen-bond acceptors (Lipinski definition) is 3. The van der Waals surface area contributed by atoms with Gasteiger partial charge in [0, 0.05) is 12.5 Å². The molecule has 0 bridgehead atoms. The van der Waals surface area contributed by atoms with Crippen LogP contribution in [-0.2, 0) is 11.2 Å². The van der Waals surface area contributed by atoms with E-state index in [1.54, 1.807) is 12.1 Å². The maximum Gasteiger partial charge on any atom is 0.223 e. The van der Waals surface area contributed by atoms with Gasteiger partial charge in [-0.2, -0.15) is 0 Å². The monoisotopic (exact) mass is 248 g/mol. The van der Waals surface area contributed by atoms with Gasteiger partial charge in [0.05, 0.1) is 0 Å². The Morgan fingerprint density at radius 3 is 2.67 bits per heavy atom. The third kappa shape index (κ3) is 3.23. The quantitative estimate of drug-likeness (QED) is 0.725. The fourth-order valence-electron chi connectivity index (χ4n) is 2.03. The molecule has 1 aromatic rings. The van der Waals surface area contributed by atoms with Crippen LogP contribution in [-0.4, -0.2) is 30.6 Å².